The Labute approximate surface area is 245 Å². The van der Waals surface area contributed by atoms with Crippen molar-refractivity contribution in [2.45, 2.75) is 25.8 Å². The lowest BCUT2D eigenvalue weighted by Crippen LogP contribution is -2.48. The van der Waals surface area contributed by atoms with Gasteiger partial charge in [-0.05, 0) is 56.2 Å². The van der Waals surface area contributed by atoms with E-state index in [-0.39, 0.29) is 23.4 Å². The fraction of sp³-hybridized carbons (Fsp3) is 0.433. The van der Waals surface area contributed by atoms with E-state index in [2.05, 4.69) is 37.4 Å². The number of piperidine rings is 1. The first-order valence-corrected chi connectivity index (χ1v) is 14.4. The SMILES string of the molecule is CCN(C)c1ccc(C(=O)N[C@@H]2CCCN(c3cc(Nc4ccc(C(=O)N5CCOCC5)cn4)c(=O)n(C)n3)C2)cc1. The van der Waals surface area contributed by atoms with E-state index >= 15 is 0 Å². The molecule has 2 fully saturated rings. The van der Waals surface area contributed by atoms with Gasteiger partial charge in [-0.3, -0.25) is 14.4 Å². The Morgan fingerprint density at radius 3 is 2.50 bits per heavy atom. The van der Waals surface area contributed by atoms with Gasteiger partial charge in [0.15, 0.2) is 5.82 Å². The van der Waals surface area contributed by atoms with Crippen molar-refractivity contribution in [2.24, 2.45) is 7.05 Å². The summed E-state index contributed by atoms with van der Waals surface area (Å²) in [6.45, 7) is 6.47. The maximum Gasteiger partial charge on any atom is 0.290 e. The molecule has 2 aliphatic heterocycles. The highest BCUT2D eigenvalue weighted by Crippen LogP contribution is 2.22. The van der Waals surface area contributed by atoms with Crippen molar-refractivity contribution in [2.75, 3.05) is 68.1 Å². The van der Waals surface area contributed by atoms with Crippen molar-refractivity contribution < 1.29 is 14.3 Å². The fourth-order valence-corrected chi connectivity index (χ4v) is 5.14. The van der Waals surface area contributed by atoms with Crippen LogP contribution in [0.2, 0.25) is 0 Å². The molecule has 5 rings (SSSR count). The zero-order chi connectivity index (χ0) is 29.6. The number of rotatable bonds is 8. The first-order chi connectivity index (χ1) is 20.3. The Kier molecular flexibility index (Phi) is 9.01. The van der Waals surface area contributed by atoms with Crippen LogP contribution in [0.25, 0.3) is 0 Å². The minimum atomic E-state index is -0.298. The van der Waals surface area contributed by atoms with Crippen LogP contribution in [0.4, 0.5) is 23.0 Å². The Morgan fingerprint density at radius 1 is 1.07 bits per heavy atom. The van der Waals surface area contributed by atoms with Gasteiger partial charge in [-0.1, -0.05) is 0 Å². The molecule has 2 aliphatic rings. The lowest BCUT2D eigenvalue weighted by atomic mass is 10.0. The van der Waals surface area contributed by atoms with Crippen LogP contribution < -0.4 is 26.0 Å². The summed E-state index contributed by atoms with van der Waals surface area (Å²) in [4.78, 5) is 48.9. The molecule has 0 saturated carbocycles. The number of benzene rings is 1. The molecular formula is C30H38N8O4. The molecule has 42 heavy (non-hydrogen) atoms. The van der Waals surface area contributed by atoms with Gasteiger partial charge >= 0.3 is 0 Å². The normalized spacial score (nSPS) is 17.1. The van der Waals surface area contributed by atoms with E-state index in [0.717, 1.165) is 31.6 Å². The van der Waals surface area contributed by atoms with Crippen LogP contribution in [0.15, 0.2) is 53.5 Å². The number of hydrogen-bond donors (Lipinski definition) is 2. The Balaban J connectivity index is 1.24. The maximum absolute atomic E-state index is 13.0. The van der Waals surface area contributed by atoms with Gasteiger partial charge in [-0.2, -0.15) is 5.10 Å². The molecule has 2 aromatic heterocycles. The second-order valence-electron chi connectivity index (χ2n) is 10.6. The second-order valence-corrected chi connectivity index (χ2v) is 10.6. The quantitative estimate of drug-likeness (QED) is 0.417. The molecule has 2 amide bonds. The van der Waals surface area contributed by atoms with Gasteiger partial charge in [0, 0.05) is 76.4 Å². The van der Waals surface area contributed by atoms with Crippen LogP contribution in [0.3, 0.4) is 0 Å². The van der Waals surface area contributed by atoms with Crippen LogP contribution in [-0.2, 0) is 11.8 Å². The lowest BCUT2D eigenvalue weighted by molar-refractivity contribution is 0.0302. The van der Waals surface area contributed by atoms with E-state index in [0.29, 0.717) is 61.3 Å². The second kappa shape index (κ2) is 13.0. The van der Waals surface area contributed by atoms with Crippen molar-refractivity contribution in [1.29, 1.82) is 0 Å². The third-order valence-corrected chi connectivity index (χ3v) is 7.75. The minimum absolute atomic E-state index is 0.0575. The molecule has 12 heteroatoms. The van der Waals surface area contributed by atoms with Gasteiger partial charge in [0.05, 0.1) is 18.8 Å². The Hall–Kier alpha value is -4.45. The number of nitrogens with one attached hydrogen (secondary N) is 2. The molecule has 1 atom stereocenters. The number of carbonyl (C=O) groups excluding carboxylic acids is 2. The standard InChI is InChI=1S/C30H38N8O4/c1-4-35(2)24-10-7-21(8-11-24)28(39)32-23-6-5-13-38(20-23)27-18-25(30(41)36(3)34-27)33-26-12-9-22(19-31-26)29(40)37-14-16-42-17-15-37/h7-12,18-19,23H,4-6,13-17,20H2,1-3H3,(H,31,33)(H,32,39)/t23-/m1/s1. The zero-order valence-corrected chi connectivity index (χ0v) is 24.4. The third kappa shape index (κ3) is 6.71. The van der Waals surface area contributed by atoms with Gasteiger partial charge in [-0.25, -0.2) is 9.67 Å². The maximum atomic E-state index is 13.0. The molecule has 2 saturated heterocycles. The average Bonchev–Trinajstić information content (AvgIpc) is 3.03. The monoisotopic (exact) mass is 574 g/mol. The number of nitrogens with zero attached hydrogens (tertiary/aromatic N) is 6. The number of hydrogen-bond acceptors (Lipinski definition) is 9. The number of aryl methyl sites for hydroxylation is 1. The summed E-state index contributed by atoms with van der Waals surface area (Å²) >= 11 is 0. The predicted molar refractivity (Wildman–Crippen MR) is 162 cm³/mol. The summed E-state index contributed by atoms with van der Waals surface area (Å²) in [7, 11) is 3.62. The highest BCUT2D eigenvalue weighted by molar-refractivity contribution is 5.95. The minimum Gasteiger partial charge on any atom is -0.378 e. The van der Waals surface area contributed by atoms with Crippen LogP contribution in [0, 0.1) is 0 Å². The van der Waals surface area contributed by atoms with Gasteiger partial charge in [0.1, 0.15) is 11.5 Å². The van der Waals surface area contributed by atoms with Gasteiger partial charge in [-0.15, -0.1) is 0 Å². The molecule has 222 valence electrons. The van der Waals surface area contributed by atoms with Crippen molar-refractivity contribution in [3.05, 3.63) is 70.1 Å². The smallest absolute Gasteiger partial charge is 0.290 e. The number of ether oxygens (including phenoxy) is 1. The lowest BCUT2D eigenvalue weighted by Gasteiger charge is -2.34. The summed E-state index contributed by atoms with van der Waals surface area (Å²) in [5, 5.41) is 10.7. The number of anilines is 4. The molecule has 3 aromatic rings. The van der Waals surface area contributed by atoms with E-state index in [4.69, 9.17) is 4.74 Å². The number of pyridine rings is 1. The third-order valence-electron chi connectivity index (χ3n) is 7.75. The Bertz CT molecular complexity index is 1450. The molecule has 2 N–H and O–H groups in total. The van der Waals surface area contributed by atoms with Crippen molar-refractivity contribution in [3.63, 3.8) is 0 Å². The summed E-state index contributed by atoms with van der Waals surface area (Å²) in [5.41, 5.74) is 2.20. The molecular weight excluding hydrogens is 536 g/mol. The summed E-state index contributed by atoms with van der Waals surface area (Å²) in [6.07, 6.45) is 3.24. The largest absolute Gasteiger partial charge is 0.378 e. The number of amides is 2. The number of carbonyl (C=O) groups is 2. The van der Waals surface area contributed by atoms with Gasteiger partial charge < -0.3 is 30.1 Å². The predicted octanol–water partition coefficient (Wildman–Crippen LogP) is 2.25. The first kappa shape index (κ1) is 29.1. The van der Waals surface area contributed by atoms with Crippen LogP contribution in [0.5, 0.6) is 0 Å². The molecule has 12 nitrogen and oxygen atoms in total. The topological polar surface area (TPSA) is 125 Å². The van der Waals surface area contributed by atoms with Gasteiger partial charge in [0.25, 0.3) is 17.4 Å². The molecule has 4 heterocycles. The number of aromatic nitrogens is 3. The van der Waals surface area contributed by atoms with Crippen molar-refractivity contribution >= 4 is 34.8 Å². The van der Waals surface area contributed by atoms with E-state index in [1.54, 1.807) is 30.1 Å². The summed E-state index contributed by atoms with van der Waals surface area (Å²) < 4.78 is 6.62. The molecule has 0 bridgehead atoms. The molecule has 0 radical (unpaired) electrons. The first-order valence-electron chi connectivity index (χ1n) is 14.4. The summed E-state index contributed by atoms with van der Waals surface area (Å²) in [5.74, 6) is 0.879. The number of morpholine rings is 1. The summed E-state index contributed by atoms with van der Waals surface area (Å²) in [6, 6.07) is 12.7. The van der Waals surface area contributed by atoms with Crippen molar-refractivity contribution in [3.8, 4) is 0 Å². The van der Waals surface area contributed by atoms with Crippen LogP contribution in [-0.4, -0.2) is 90.5 Å². The van der Waals surface area contributed by atoms with Crippen LogP contribution >= 0.6 is 0 Å². The average molecular weight is 575 g/mol. The molecule has 0 spiro atoms. The van der Waals surface area contributed by atoms with E-state index < -0.39 is 0 Å². The highest BCUT2D eigenvalue weighted by atomic mass is 16.5. The van der Waals surface area contributed by atoms with Crippen LogP contribution in [0.1, 0.15) is 40.5 Å². The van der Waals surface area contributed by atoms with E-state index in [1.807, 2.05) is 31.3 Å². The molecule has 1 aromatic carbocycles. The zero-order valence-electron chi connectivity index (χ0n) is 24.4. The van der Waals surface area contributed by atoms with Crippen molar-refractivity contribution in [1.82, 2.24) is 25.0 Å². The highest BCUT2D eigenvalue weighted by Gasteiger charge is 2.24. The van der Waals surface area contributed by atoms with E-state index in [9.17, 15) is 14.4 Å². The fourth-order valence-electron chi connectivity index (χ4n) is 5.14. The Morgan fingerprint density at radius 2 is 1.81 bits per heavy atom. The van der Waals surface area contributed by atoms with E-state index in [1.165, 1.54) is 10.9 Å². The van der Waals surface area contributed by atoms with Gasteiger partial charge in [0.2, 0.25) is 0 Å². The molecule has 0 unspecified atom stereocenters. The molecule has 0 aliphatic carbocycles.